The molecule has 0 radical (unpaired) electrons. The molecule has 1 aromatic rings. The number of carboxylic acid groups (broad SMARTS) is 1. The molecule has 0 aliphatic heterocycles. The zero-order valence-electron chi connectivity index (χ0n) is 10.5. The van der Waals surface area contributed by atoms with Crippen LogP contribution in [-0.4, -0.2) is 26.0 Å². The first-order valence-corrected chi connectivity index (χ1v) is 7.00. The molecule has 0 saturated heterocycles. The highest BCUT2D eigenvalue weighted by Crippen LogP contribution is 2.18. The van der Waals surface area contributed by atoms with Gasteiger partial charge < -0.3 is 5.11 Å². The van der Waals surface area contributed by atoms with Gasteiger partial charge in [0.2, 0.25) is 0 Å². The molecule has 3 N–H and O–H groups in total. The standard InChI is InChI=1S/C11H15FN2O4S/c1-7(2)6-13-19(17,18)14-10-4-3-8(12)5-9(10)11(15)16/h3-5,7,13-14H,6H2,1-2H3,(H,15,16). The van der Waals surface area contributed by atoms with Crippen LogP contribution >= 0.6 is 0 Å². The van der Waals surface area contributed by atoms with Crippen LogP contribution in [0.2, 0.25) is 0 Å². The molecular weight excluding hydrogens is 275 g/mol. The summed E-state index contributed by atoms with van der Waals surface area (Å²) < 4.78 is 40.6. The van der Waals surface area contributed by atoms with Crippen molar-refractivity contribution in [2.24, 2.45) is 5.92 Å². The van der Waals surface area contributed by atoms with Gasteiger partial charge in [-0.05, 0) is 24.1 Å². The molecular formula is C11H15FN2O4S. The van der Waals surface area contributed by atoms with Crippen LogP contribution in [0.4, 0.5) is 10.1 Å². The van der Waals surface area contributed by atoms with Crippen molar-refractivity contribution in [2.45, 2.75) is 13.8 Å². The normalized spacial score (nSPS) is 11.6. The van der Waals surface area contributed by atoms with E-state index in [-0.39, 0.29) is 18.2 Å². The maximum atomic E-state index is 12.9. The Morgan fingerprint density at radius 1 is 1.42 bits per heavy atom. The summed E-state index contributed by atoms with van der Waals surface area (Å²) >= 11 is 0. The molecule has 0 heterocycles. The van der Waals surface area contributed by atoms with Gasteiger partial charge in [-0.25, -0.2) is 9.18 Å². The number of hydrogen-bond acceptors (Lipinski definition) is 3. The van der Waals surface area contributed by atoms with Gasteiger partial charge in [0.1, 0.15) is 5.82 Å². The summed E-state index contributed by atoms with van der Waals surface area (Å²) in [5.74, 6) is -2.07. The fourth-order valence-electron chi connectivity index (χ4n) is 1.24. The Labute approximate surface area is 110 Å². The number of nitrogens with one attached hydrogen (secondary N) is 2. The highest BCUT2D eigenvalue weighted by Gasteiger charge is 2.17. The quantitative estimate of drug-likeness (QED) is 0.738. The zero-order valence-corrected chi connectivity index (χ0v) is 11.3. The summed E-state index contributed by atoms with van der Waals surface area (Å²) in [7, 11) is -3.88. The fraction of sp³-hybridized carbons (Fsp3) is 0.364. The second kappa shape index (κ2) is 5.98. The minimum Gasteiger partial charge on any atom is -0.478 e. The number of anilines is 1. The third kappa shape index (κ3) is 4.84. The molecule has 0 unspecified atom stereocenters. The van der Waals surface area contributed by atoms with Gasteiger partial charge in [0.05, 0.1) is 11.3 Å². The largest absolute Gasteiger partial charge is 0.478 e. The number of rotatable bonds is 6. The molecule has 0 aliphatic carbocycles. The summed E-state index contributed by atoms with van der Waals surface area (Å²) in [6.45, 7) is 3.85. The Morgan fingerprint density at radius 3 is 2.58 bits per heavy atom. The smallest absolute Gasteiger partial charge is 0.337 e. The Hall–Kier alpha value is -1.67. The number of halogens is 1. The van der Waals surface area contributed by atoms with Gasteiger partial charge in [0.25, 0.3) is 10.2 Å². The van der Waals surface area contributed by atoms with Crippen LogP contribution in [-0.2, 0) is 10.2 Å². The molecule has 0 aromatic heterocycles. The zero-order chi connectivity index (χ0) is 14.6. The number of benzene rings is 1. The van der Waals surface area contributed by atoms with Gasteiger partial charge in [-0.2, -0.15) is 13.1 Å². The Bertz CT molecular complexity index is 572. The van der Waals surface area contributed by atoms with E-state index in [1.807, 2.05) is 13.8 Å². The van der Waals surface area contributed by atoms with Crippen molar-refractivity contribution in [1.29, 1.82) is 0 Å². The molecule has 0 fully saturated rings. The molecule has 19 heavy (non-hydrogen) atoms. The second-order valence-corrected chi connectivity index (χ2v) is 5.84. The van der Waals surface area contributed by atoms with Crippen molar-refractivity contribution in [3.63, 3.8) is 0 Å². The maximum Gasteiger partial charge on any atom is 0.337 e. The van der Waals surface area contributed by atoms with Crippen molar-refractivity contribution in [1.82, 2.24) is 4.72 Å². The van der Waals surface area contributed by atoms with Crippen LogP contribution in [0, 0.1) is 11.7 Å². The van der Waals surface area contributed by atoms with E-state index in [1.54, 1.807) is 0 Å². The molecule has 1 aromatic carbocycles. The number of aromatic carboxylic acids is 1. The SMILES string of the molecule is CC(C)CNS(=O)(=O)Nc1ccc(F)cc1C(=O)O. The average Bonchev–Trinajstić information content (AvgIpc) is 2.28. The highest BCUT2D eigenvalue weighted by atomic mass is 32.2. The fourth-order valence-corrected chi connectivity index (χ4v) is 2.33. The molecule has 8 heteroatoms. The van der Waals surface area contributed by atoms with Gasteiger partial charge in [-0.1, -0.05) is 13.8 Å². The van der Waals surface area contributed by atoms with Gasteiger partial charge in [-0.15, -0.1) is 0 Å². The first-order chi connectivity index (χ1) is 8.71. The van der Waals surface area contributed by atoms with E-state index in [0.717, 1.165) is 18.2 Å². The Balaban J connectivity index is 2.96. The van der Waals surface area contributed by atoms with Crippen LogP contribution in [0.25, 0.3) is 0 Å². The third-order valence-electron chi connectivity index (χ3n) is 2.14. The maximum absolute atomic E-state index is 12.9. The van der Waals surface area contributed by atoms with Crippen LogP contribution in [0.5, 0.6) is 0 Å². The molecule has 0 bridgehead atoms. The molecule has 0 amide bonds. The molecule has 0 aliphatic rings. The number of carboxylic acids is 1. The number of hydrogen-bond donors (Lipinski definition) is 3. The summed E-state index contributed by atoms with van der Waals surface area (Å²) in [4.78, 5) is 10.9. The lowest BCUT2D eigenvalue weighted by molar-refractivity contribution is 0.0697. The minimum atomic E-state index is -3.88. The lowest BCUT2D eigenvalue weighted by Gasteiger charge is -2.12. The first kappa shape index (κ1) is 15.4. The van der Waals surface area contributed by atoms with Crippen molar-refractivity contribution < 1.29 is 22.7 Å². The third-order valence-corrected chi connectivity index (χ3v) is 3.17. The Kier molecular flexibility index (Phi) is 4.84. The van der Waals surface area contributed by atoms with E-state index in [9.17, 15) is 17.6 Å². The molecule has 0 spiro atoms. The number of carbonyl (C=O) groups is 1. The van der Waals surface area contributed by atoms with Gasteiger partial charge in [-0.3, -0.25) is 4.72 Å². The second-order valence-electron chi connectivity index (χ2n) is 4.34. The summed E-state index contributed by atoms with van der Waals surface area (Å²) in [5, 5.41) is 8.88. The van der Waals surface area contributed by atoms with E-state index >= 15 is 0 Å². The van der Waals surface area contributed by atoms with Crippen molar-refractivity contribution in [2.75, 3.05) is 11.3 Å². The van der Waals surface area contributed by atoms with Gasteiger partial charge in [0, 0.05) is 6.54 Å². The first-order valence-electron chi connectivity index (χ1n) is 5.51. The molecule has 1 rings (SSSR count). The minimum absolute atomic E-state index is 0.101. The predicted molar refractivity (Wildman–Crippen MR) is 68.7 cm³/mol. The van der Waals surface area contributed by atoms with Crippen molar-refractivity contribution >= 4 is 21.9 Å². The molecule has 0 atom stereocenters. The monoisotopic (exact) mass is 290 g/mol. The van der Waals surface area contributed by atoms with E-state index < -0.39 is 27.6 Å². The van der Waals surface area contributed by atoms with Crippen molar-refractivity contribution in [3.8, 4) is 0 Å². The van der Waals surface area contributed by atoms with E-state index in [0.29, 0.717) is 0 Å². The molecule has 0 saturated carbocycles. The predicted octanol–water partition coefficient (Wildman–Crippen LogP) is 1.43. The topological polar surface area (TPSA) is 95.5 Å². The van der Waals surface area contributed by atoms with Crippen LogP contribution in [0.3, 0.4) is 0 Å². The highest BCUT2D eigenvalue weighted by molar-refractivity contribution is 7.90. The van der Waals surface area contributed by atoms with E-state index in [4.69, 9.17) is 5.11 Å². The Morgan fingerprint density at radius 2 is 2.05 bits per heavy atom. The van der Waals surface area contributed by atoms with Crippen molar-refractivity contribution in [3.05, 3.63) is 29.6 Å². The van der Waals surface area contributed by atoms with Crippen LogP contribution in [0.15, 0.2) is 18.2 Å². The lowest BCUT2D eigenvalue weighted by Crippen LogP contribution is -2.33. The van der Waals surface area contributed by atoms with Crippen LogP contribution < -0.4 is 9.44 Å². The summed E-state index contributed by atoms with van der Waals surface area (Å²) in [6, 6.07) is 2.79. The summed E-state index contributed by atoms with van der Waals surface area (Å²) in [5.41, 5.74) is -0.639. The van der Waals surface area contributed by atoms with E-state index in [2.05, 4.69) is 9.44 Å². The van der Waals surface area contributed by atoms with Crippen LogP contribution in [0.1, 0.15) is 24.2 Å². The van der Waals surface area contributed by atoms with Gasteiger partial charge in [0.15, 0.2) is 0 Å². The molecule has 6 nitrogen and oxygen atoms in total. The average molecular weight is 290 g/mol. The molecule has 106 valence electrons. The lowest BCUT2D eigenvalue weighted by atomic mass is 10.2. The summed E-state index contributed by atoms with van der Waals surface area (Å²) in [6.07, 6.45) is 0. The van der Waals surface area contributed by atoms with E-state index in [1.165, 1.54) is 0 Å². The van der Waals surface area contributed by atoms with Gasteiger partial charge >= 0.3 is 5.97 Å².